The van der Waals surface area contributed by atoms with Gasteiger partial charge in [-0.15, -0.1) is 12.4 Å². The minimum Gasteiger partial charge on any atom is -0.384 e. The number of nitrogens with zero attached hydrogens (tertiary/aromatic N) is 1. The lowest BCUT2D eigenvalue weighted by Gasteiger charge is -2.20. The molecule has 4 rings (SSSR count). The van der Waals surface area contributed by atoms with Crippen molar-refractivity contribution in [1.82, 2.24) is 4.90 Å². The summed E-state index contributed by atoms with van der Waals surface area (Å²) in [5.41, 5.74) is 4.41. The number of benzene rings is 1. The lowest BCUT2D eigenvalue weighted by atomic mass is 9.91. The molecule has 1 N–H and O–H groups in total. The van der Waals surface area contributed by atoms with Gasteiger partial charge in [0, 0.05) is 38.5 Å². The highest BCUT2D eigenvalue weighted by atomic mass is 35.5. The van der Waals surface area contributed by atoms with E-state index < -0.39 is 0 Å². The molecule has 4 heteroatoms. The molecule has 1 aromatic carbocycles. The van der Waals surface area contributed by atoms with Gasteiger partial charge in [-0.2, -0.15) is 0 Å². The van der Waals surface area contributed by atoms with Gasteiger partial charge < -0.3 is 10.1 Å². The molecular weight excluding hydrogens is 284 g/mol. The second-order valence-corrected chi connectivity index (χ2v) is 6.54. The summed E-state index contributed by atoms with van der Waals surface area (Å²) in [6.07, 6.45) is 3.82. The second-order valence-electron chi connectivity index (χ2n) is 6.54. The molecule has 3 aliphatic heterocycles. The van der Waals surface area contributed by atoms with Crippen molar-refractivity contribution in [2.24, 2.45) is 11.8 Å². The standard InChI is InChI=1S/C17H24N2O.ClH/c1-2-13-4-7-18-17(13)15(3-1)11-19-8-5-14(10-19)16-6-9-20-12-16;/h1-3,14,16,18H,4-12H2;1H. The Morgan fingerprint density at radius 3 is 3.05 bits per heavy atom. The molecule has 0 radical (unpaired) electrons. The number of halogens is 1. The Morgan fingerprint density at radius 2 is 2.19 bits per heavy atom. The van der Waals surface area contributed by atoms with E-state index in [1.807, 2.05) is 0 Å². The van der Waals surface area contributed by atoms with E-state index in [1.54, 1.807) is 0 Å². The Morgan fingerprint density at radius 1 is 1.24 bits per heavy atom. The molecule has 2 saturated heterocycles. The van der Waals surface area contributed by atoms with Crippen LogP contribution in [-0.2, 0) is 17.7 Å². The summed E-state index contributed by atoms with van der Waals surface area (Å²) in [4.78, 5) is 2.64. The van der Waals surface area contributed by atoms with Crippen molar-refractivity contribution in [2.45, 2.75) is 25.8 Å². The molecule has 3 aliphatic rings. The number of rotatable bonds is 3. The van der Waals surface area contributed by atoms with Gasteiger partial charge in [0.2, 0.25) is 0 Å². The van der Waals surface area contributed by atoms with E-state index in [1.165, 1.54) is 49.2 Å². The second kappa shape index (κ2) is 6.55. The van der Waals surface area contributed by atoms with Gasteiger partial charge in [0.15, 0.2) is 0 Å². The number of hydrogen-bond donors (Lipinski definition) is 1. The first-order valence-electron chi connectivity index (χ1n) is 8.05. The molecule has 0 aromatic heterocycles. The predicted molar refractivity (Wildman–Crippen MR) is 88.2 cm³/mol. The Hall–Kier alpha value is -0.770. The van der Waals surface area contributed by atoms with Crippen LogP contribution in [0.3, 0.4) is 0 Å². The fourth-order valence-electron chi connectivity index (χ4n) is 4.10. The van der Waals surface area contributed by atoms with Crippen LogP contribution < -0.4 is 5.32 Å². The summed E-state index contributed by atoms with van der Waals surface area (Å²) in [5, 5.41) is 3.56. The quantitative estimate of drug-likeness (QED) is 0.929. The molecule has 3 heterocycles. The Bertz CT molecular complexity index is 488. The summed E-state index contributed by atoms with van der Waals surface area (Å²) in [7, 11) is 0. The van der Waals surface area contributed by atoms with E-state index in [9.17, 15) is 0 Å². The average Bonchev–Trinajstić information content (AvgIpc) is 3.20. The minimum atomic E-state index is 0. The monoisotopic (exact) mass is 308 g/mol. The zero-order valence-electron chi connectivity index (χ0n) is 12.5. The number of ether oxygens (including phenoxy) is 1. The van der Waals surface area contributed by atoms with Gasteiger partial charge in [-0.3, -0.25) is 4.90 Å². The zero-order chi connectivity index (χ0) is 13.4. The van der Waals surface area contributed by atoms with Crippen molar-refractivity contribution in [3.05, 3.63) is 29.3 Å². The first-order chi connectivity index (χ1) is 9.90. The van der Waals surface area contributed by atoms with E-state index in [0.717, 1.165) is 38.1 Å². The number of anilines is 1. The van der Waals surface area contributed by atoms with Crippen molar-refractivity contribution in [3.8, 4) is 0 Å². The van der Waals surface area contributed by atoms with Crippen LogP contribution >= 0.6 is 12.4 Å². The summed E-state index contributed by atoms with van der Waals surface area (Å²) in [6, 6.07) is 6.78. The lowest BCUT2D eigenvalue weighted by molar-refractivity contribution is 0.171. The third-order valence-corrected chi connectivity index (χ3v) is 5.27. The maximum Gasteiger partial charge on any atom is 0.0498 e. The lowest BCUT2D eigenvalue weighted by Crippen LogP contribution is -2.23. The molecule has 21 heavy (non-hydrogen) atoms. The maximum atomic E-state index is 5.56. The van der Waals surface area contributed by atoms with E-state index in [2.05, 4.69) is 28.4 Å². The highest BCUT2D eigenvalue weighted by Crippen LogP contribution is 2.32. The van der Waals surface area contributed by atoms with Crippen LogP contribution in [0.25, 0.3) is 0 Å². The van der Waals surface area contributed by atoms with Gasteiger partial charge in [-0.1, -0.05) is 18.2 Å². The molecule has 1 aromatic rings. The van der Waals surface area contributed by atoms with Crippen molar-refractivity contribution in [1.29, 1.82) is 0 Å². The van der Waals surface area contributed by atoms with Gasteiger partial charge in [0.1, 0.15) is 0 Å². The van der Waals surface area contributed by atoms with Crippen LogP contribution in [0.1, 0.15) is 24.0 Å². The molecule has 116 valence electrons. The van der Waals surface area contributed by atoms with Crippen molar-refractivity contribution in [2.75, 3.05) is 38.2 Å². The molecule has 2 fully saturated rings. The van der Waals surface area contributed by atoms with Gasteiger partial charge in [0.05, 0.1) is 0 Å². The number of fused-ring (bicyclic) bond motifs is 1. The smallest absolute Gasteiger partial charge is 0.0498 e. The summed E-state index contributed by atoms with van der Waals surface area (Å²) in [5.74, 6) is 1.68. The third kappa shape index (κ3) is 3.05. The Kier molecular flexibility index (Phi) is 4.72. The fraction of sp³-hybridized carbons (Fsp3) is 0.647. The summed E-state index contributed by atoms with van der Waals surface area (Å²) < 4.78 is 5.56. The number of nitrogens with one attached hydrogen (secondary N) is 1. The Labute approximate surface area is 133 Å². The third-order valence-electron chi connectivity index (χ3n) is 5.27. The number of likely N-dealkylation sites (tertiary alicyclic amines) is 1. The van der Waals surface area contributed by atoms with Crippen LogP contribution in [0.4, 0.5) is 5.69 Å². The molecule has 0 bridgehead atoms. The van der Waals surface area contributed by atoms with Gasteiger partial charge >= 0.3 is 0 Å². The summed E-state index contributed by atoms with van der Waals surface area (Å²) in [6.45, 7) is 6.72. The highest BCUT2D eigenvalue weighted by Gasteiger charge is 2.32. The molecule has 0 aliphatic carbocycles. The van der Waals surface area contributed by atoms with Gasteiger partial charge in [-0.05, 0) is 48.8 Å². The SMILES string of the molecule is Cl.c1cc2c(c(CN3CCC(C4CCOC4)C3)c1)NCC2. The normalized spacial score (nSPS) is 28.2. The van der Waals surface area contributed by atoms with E-state index in [4.69, 9.17) is 4.74 Å². The van der Waals surface area contributed by atoms with Crippen molar-refractivity contribution >= 4 is 18.1 Å². The zero-order valence-corrected chi connectivity index (χ0v) is 13.3. The van der Waals surface area contributed by atoms with Crippen LogP contribution in [0.5, 0.6) is 0 Å². The molecular formula is C17H25ClN2O. The largest absolute Gasteiger partial charge is 0.384 e. The maximum absolute atomic E-state index is 5.56. The minimum absolute atomic E-state index is 0. The average molecular weight is 309 g/mol. The van der Waals surface area contributed by atoms with Gasteiger partial charge in [0.25, 0.3) is 0 Å². The first-order valence-corrected chi connectivity index (χ1v) is 8.05. The van der Waals surface area contributed by atoms with E-state index >= 15 is 0 Å². The van der Waals surface area contributed by atoms with Gasteiger partial charge in [-0.25, -0.2) is 0 Å². The topological polar surface area (TPSA) is 24.5 Å². The molecule has 0 amide bonds. The molecule has 0 saturated carbocycles. The van der Waals surface area contributed by atoms with Crippen LogP contribution in [0, 0.1) is 11.8 Å². The van der Waals surface area contributed by atoms with Crippen LogP contribution in [0.2, 0.25) is 0 Å². The molecule has 3 nitrogen and oxygen atoms in total. The molecule has 2 atom stereocenters. The summed E-state index contributed by atoms with van der Waals surface area (Å²) >= 11 is 0. The molecule has 0 spiro atoms. The number of para-hydroxylation sites is 1. The highest BCUT2D eigenvalue weighted by molar-refractivity contribution is 5.85. The van der Waals surface area contributed by atoms with Crippen LogP contribution in [-0.4, -0.2) is 37.7 Å². The fourth-order valence-corrected chi connectivity index (χ4v) is 4.10. The van der Waals surface area contributed by atoms with E-state index in [0.29, 0.717) is 0 Å². The first kappa shape index (κ1) is 15.1. The molecule has 2 unspecified atom stereocenters. The van der Waals surface area contributed by atoms with E-state index in [-0.39, 0.29) is 12.4 Å². The Balaban J connectivity index is 0.00000132. The number of hydrogen-bond acceptors (Lipinski definition) is 3. The van der Waals surface area contributed by atoms with Crippen molar-refractivity contribution in [3.63, 3.8) is 0 Å². The van der Waals surface area contributed by atoms with Crippen molar-refractivity contribution < 1.29 is 4.74 Å². The predicted octanol–water partition coefficient (Wildman–Crippen LogP) is 2.93. The van der Waals surface area contributed by atoms with Crippen LogP contribution in [0.15, 0.2) is 18.2 Å².